The van der Waals surface area contributed by atoms with Gasteiger partial charge in [0.25, 0.3) is 0 Å². The predicted octanol–water partition coefficient (Wildman–Crippen LogP) is 3.45. The molecule has 3 rings (SSSR count). The number of nitrogens with one attached hydrogen (secondary N) is 1. The summed E-state index contributed by atoms with van der Waals surface area (Å²) in [6.07, 6.45) is 3.75. The molecule has 1 aromatic heterocycles. The van der Waals surface area contributed by atoms with E-state index in [1.165, 1.54) is 0 Å². The van der Waals surface area contributed by atoms with Crippen molar-refractivity contribution in [3.63, 3.8) is 0 Å². The average Bonchev–Trinajstić information content (AvgIpc) is 2.47. The molecule has 2 heterocycles. The number of hydrogen-bond acceptors (Lipinski definition) is 5. The molecule has 5 nitrogen and oxygen atoms in total. The SMILES string of the molecule is O=[N+]([O-])c1c(NC2CCSCC2)ccc2ncccc12. The van der Waals surface area contributed by atoms with Crippen LogP contribution in [0.1, 0.15) is 12.8 Å². The van der Waals surface area contributed by atoms with E-state index in [4.69, 9.17) is 0 Å². The summed E-state index contributed by atoms with van der Waals surface area (Å²) in [7, 11) is 0. The molecule has 1 aliphatic rings. The Bertz CT molecular complexity index is 641. The first-order valence-electron chi connectivity index (χ1n) is 6.62. The van der Waals surface area contributed by atoms with E-state index < -0.39 is 0 Å². The van der Waals surface area contributed by atoms with Crippen LogP contribution in [0.25, 0.3) is 10.9 Å². The maximum Gasteiger partial charge on any atom is 0.301 e. The number of anilines is 1. The molecule has 0 unspecified atom stereocenters. The van der Waals surface area contributed by atoms with Gasteiger partial charge in [0.2, 0.25) is 0 Å². The van der Waals surface area contributed by atoms with Crippen molar-refractivity contribution in [1.82, 2.24) is 4.98 Å². The van der Waals surface area contributed by atoms with Gasteiger partial charge in [0.15, 0.2) is 0 Å². The first-order valence-corrected chi connectivity index (χ1v) is 7.77. The number of thioether (sulfide) groups is 1. The van der Waals surface area contributed by atoms with Gasteiger partial charge >= 0.3 is 5.69 Å². The number of aromatic nitrogens is 1. The van der Waals surface area contributed by atoms with Crippen molar-refractivity contribution in [3.8, 4) is 0 Å². The Kier molecular flexibility index (Phi) is 3.73. The molecule has 0 amide bonds. The Hall–Kier alpha value is -1.82. The fourth-order valence-corrected chi connectivity index (χ4v) is 3.62. The van der Waals surface area contributed by atoms with Gasteiger partial charge in [0.1, 0.15) is 5.69 Å². The van der Waals surface area contributed by atoms with Crippen LogP contribution in [0.4, 0.5) is 11.4 Å². The summed E-state index contributed by atoms with van der Waals surface area (Å²) >= 11 is 1.94. The lowest BCUT2D eigenvalue weighted by molar-refractivity contribution is -0.382. The summed E-state index contributed by atoms with van der Waals surface area (Å²) in [4.78, 5) is 15.3. The van der Waals surface area contributed by atoms with Crippen molar-refractivity contribution in [3.05, 3.63) is 40.6 Å². The third-order valence-electron chi connectivity index (χ3n) is 3.52. The number of hydrogen-bond donors (Lipinski definition) is 1. The largest absolute Gasteiger partial charge is 0.377 e. The van der Waals surface area contributed by atoms with E-state index >= 15 is 0 Å². The Morgan fingerprint density at radius 3 is 2.85 bits per heavy atom. The number of rotatable bonds is 3. The van der Waals surface area contributed by atoms with E-state index in [0.717, 1.165) is 24.3 Å². The highest BCUT2D eigenvalue weighted by Gasteiger charge is 2.22. The Labute approximate surface area is 120 Å². The second-order valence-electron chi connectivity index (χ2n) is 4.82. The molecule has 0 aliphatic carbocycles. The number of pyridine rings is 1. The average molecular weight is 289 g/mol. The first kappa shape index (κ1) is 13.2. The molecule has 1 N–H and O–H groups in total. The standard InChI is InChI=1S/C14H15N3O2S/c18-17(19)14-11-2-1-7-15-12(11)3-4-13(14)16-10-5-8-20-9-6-10/h1-4,7,10,16H,5-6,8-9H2. The number of fused-ring (bicyclic) bond motifs is 1. The van der Waals surface area contributed by atoms with Crippen molar-refractivity contribution in [1.29, 1.82) is 0 Å². The summed E-state index contributed by atoms with van der Waals surface area (Å²) in [6, 6.07) is 7.42. The zero-order valence-electron chi connectivity index (χ0n) is 10.9. The fourth-order valence-electron chi connectivity index (χ4n) is 2.51. The van der Waals surface area contributed by atoms with Crippen LogP contribution in [-0.2, 0) is 0 Å². The molecule has 1 saturated heterocycles. The zero-order valence-corrected chi connectivity index (χ0v) is 11.7. The summed E-state index contributed by atoms with van der Waals surface area (Å²) in [5, 5.41) is 15.3. The molecule has 20 heavy (non-hydrogen) atoms. The molecule has 0 atom stereocenters. The van der Waals surface area contributed by atoms with Gasteiger partial charge in [-0.15, -0.1) is 0 Å². The molecule has 104 valence electrons. The van der Waals surface area contributed by atoms with Gasteiger partial charge < -0.3 is 5.32 Å². The van der Waals surface area contributed by atoms with E-state index in [2.05, 4.69) is 10.3 Å². The van der Waals surface area contributed by atoms with Crippen molar-refractivity contribution in [2.45, 2.75) is 18.9 Å². The smallest absolute Gasteiger partial charge is 0.301 e. The van der Waals surface area contributed by atoms with Crippen molar-refractivity contribution < 1.29 is 4.92 Å². The van der Waals surface area contributed by atoms with Crippen LogP contribution in [0.3, 0.4) is 0 Å². The van der Waals surface area contributed by atoms with Gasteiger partial charge in [-0.3, -0.25) is 15.1 Å². The summed E-state index contributed by atoms with van der Waals surface area (Å²) in [5.74, 6) is 2.22. The molecule has 0 spiro atoms. The fraction of sp³-hybridized carbons (Fsp3) is 0.357. The van der Waals surface area contributed by atoms with E-state index in [1.54, 1.807) is 24.4 Å². The highest BCUT2D eigenvalue weighted by molar-refractivity contribution is 7.99. The summed E-state index contributed by atoms with van der Waals surface area (Å²) in [5.41, 5.74) is 1.39. The normalized spacial score (nSPS) is 16.2. The highest BCUT2D eigenvalue weighted by Crippen LogP contribution is 2.34. The van der Waals surface area contributed by atoms with E-state index in [0.29, 0.717) is 22.6 Å². The third kappa shape index (κ3) is 2.56. The highest BCUT2D eigenvalue weighted by atomic mass is 32.2. The minimum absolute atomic E-state index is 0.133. The monoisotopic (exact) mass is 289 g/mol. The quantitative estimate of drug-likeness (QED) is 0.692. The first-order chi connectivity index (χ1) is 9.75. The molecule has 2 aromatic rings. The molecule has 1 aromatic carbocycles. The van der Waals surface area contributed by atoms with Gasteiger partial charge in [0, 0.05) is 12.2 Å². The maximum absolute atomic E-state index is 11.4. The Morgan fingerprint density at radius 2 is 2.10 bits per heavy atom. The molecule has 6 heteroatoms. The number of nitro benzene ring substituents is 1. The minimum Gasteiger partial charge on any atom is -0.377 e. The third-order valence-corrected chi connectivity index (χ3v) is 4.57. The number of nitro groups is 1. The Morgan fingerprint density at radius 1 is 1.30 bits per heavy atom. The van der Waals surface area contributed by atoms with Gasteiger partial charge in [-0.25, -0.2) is 0 Å². The predicted molar refractivity (Wildman–Crippen MR) is 82.4 cm³/mol. The lowest BCUT2D eigenvalue weighted by Gasteiger charge is -2.23. The van der Waals surface area contributed by atoms with Crippen LogP contribution in [-0.4, -0.2) is 27.5 Å². The van der Waals surface area contributed by atoms with Gasteiger partial charge in [-0.1, -0.05) is 0 Å². The minimum atomic E-state index is -0.316. The lowest BCUT2D eigenvalue weighted by atomic mass is 10.1. The number of nitrogens with zero attached hydrogens (tertiary/aromatic N) is 2. The van der Waals surface area contributed by atoms with Crippen LogP contribution in [0, 0.1) is 10.1 Å². The lowest BCUT2D eigenvalue weighted by Crippen LogP contribution is -2.24. The molecule has 0 radical (unpaired) electrons. The topological polar surface area (TPSA) is 68.1 Å². The van der Waals surface area contributed by atoms with E-state index in [-0.39, 0.29) is 10.6 Å². The molecular formula is C14H15N3O2S. The second kappa shape index (κ2) is 5.66. The molecule has 1 aliphatic heterocycles. The summed E-state index contributed by atoms with van der Waals surface area (Å²) < 4.78 is 0. The Balaban J connectivity index is 2.01. The van der Waals surface area contributed by atoms with Crippen molar-refractivity contribution in [2.75, 3.05) is 16.8 Å². The van der Waals surface area contributed by atoms with Crippen LogP contribution < -0.4 is 5.32 Å². The molecule has 0 saturated carbocycles. The zero-order chi connectivity index (χ0) is 13.9. The van der Waals surface area contributed by atoms with Crippen molar-refractivity contribution in [2.24, 2.45) is 0 Å². The molecule has 1 fully saturated rings. The number of benzene rings is 1. The van der Waals surface area contributed by atoms with E-state index in [9.17, 15) is 10.1 Å². The van der Waals surface area contributed by atoms with Crippen LogP contribution >= 0.6 is 11.8 Å². The maximum atomic E-state index is 11.4. The molecular weight excluding hydrogens is 274 g/mol. The van der Waals surface area contributed by atoms with Crippen LogP contribution in [0.15, 0.2) is 30.5 Å². The van der Waals surface area contributed by atoms with Gasteiger partial charge in [-0.2, -0.15) is 11.8 Å². The second-order valence-corrected chi connectivity index (χ2v) is 6.04. The van der Waals surface area contributed by atoms with Gasteiger partial charge in [-0.05, 0) is 48.6 Å². The van der Waals surface area contributed by atoms with Crippen LogP contribution in [0.5, 0.6) is 0 Å². The summed E-state index contributed by atoms with van der Waals surface area (Å²) in [6.45, 7) is 0. The molecule has 0 bridgehead atoms. The van der Waals surface area contributed by atoms with E-state index in [1.807, 2.05) is 17.8 Å². The van der Waals surface area contributed by atoms with Gasteiger partial charge in [0.05, 0.1) is 15.8 Å². The van der Waals surface area contributed by atoms with Crippen LogP contribution in [0.2, 0.25) is 0 Å². The van der Waals surface area contributed by atoms with Crippen molar-refractivity contribution >= 4 is 34.0 Å².